The number of sulfonamides is 1. The van der Waals surface area contributed by atoms with Gasteiger partial charge in [-0.15, -0.1) is 0 Å². The van der Waals surface area contributed by atoms with Crippen molar-refractivity contribution in [2.45, 2.75) is 30.6 Å². The van der Waals surface area contributed by atoms with E-state index in [1.165, 1.54) is 23.5 Å². The number of carbonyl (C=O) groups excluding carboxylic acids is 2. The second-order valence-corrected chi connectivity index (χ2v) is 9.88. The van der Waals surface area contributed by atoms with Gasteiger partial charge in [0.2, 0.25) is 10.0 Å². The molecule has 1 aliphatic heterocycles. The standard InChI is InChI=1S/C25H25NO6S/c1-31-25(28)22-16-19-7-3-4-8-20(19)17-23(22)32-24(27)15-18-9-11-21(12-10-18)33(29,30)26-13-5-2-6-14-26/h3-4,7-12,16-17H,2,5-6,13-15H2,1H3. The minimum atomic E-state index is -3.53. The Morgan fingerprint density at radius 2 is 1.55 bits per heavy atom. The van der Waals surface area contributed by atoms with Crippen molar-refractivity contribution >= 4 is 32.7 Å². The molecule has 0 aromatic heterocycles. The van der Waals surface area contributed by atoms with E-state index in [9.17, 15) is 18.0 Å². The van der Waals surface area contributed by atoms with Crippen molar-refractivity contribution in [3.63, 3.8) is 0 Å². The van der Waals surface area contributed by atoms with Gasteiger partial charge >= 0.3 is 11.9 Å². The minimum Gasteiger partial charge on any atom is -0.465 e. The molecule has 0 bridgehead atoms. The van der Waals surface area contributed by atoms with Gasteiger partial charge in [0.25, 0.3) is 0 Å². The fraction of sp³-hybridized carbons (Fsp3) is 0.280. The molecule has 0 radical (unpaired) electrons. The van der Waals surface area contributed by atoms with E-state index in [1.54, 1.807) is 24.3 Å². The van der Waals surface area contributed by atoms with Gasteiger partial charge in [0.05, 0.1) is 18.4 Å². The molecule has 1 aliphatic rings. The third-order valence-electron chi connectivity index (χ3n) is 5.70. The Kier molecular flexibility index (Phi) is 6.76. The van der Waals surface area contributed by atoms with Gasteiger partial charge < -0.3 is 9.47 Å². The maximum atomic E-state index is 12.8. The summed E-state index contributed by atoms with van der Waals surface area (Å²) in [5, 5.41) is 1.64. The Morgan fingerprint density at radius 1 is 0.909 bits per heavy atom. The zero-order chi connectivity index (χ0) is 23.4. The lowest BCUT2D eigenvalue weighted by molar-refractivity contribution is -0.133. The summed E-state index contributed by atoms with van der Waals surface area (Å²) in [4.78, 5) is 25.0. The van der Waals surface area contributed by atoms with Crippen LogP contribution in [0.1, 0.15) is 35.2 Å². The second kappa shape index (κ2) is 9.72. The molecule has 0 N–H and O–H groups in total. The lowest BCUT2D eigenvalue weighted by Crippen LogP contribution is -2.35. The van der Waals surface area contributed by atoms with Crippen molar-refractivity contribution in [2.24, 2.45) is 0 Å². The number of nitrogens with zero attached hydrogens (tertiary/aromatic N) is 1. The Morgan fingerprint density at radius 3 is 2.18 bits per heavy atom. The first-order valence-electron chi connectivity index (χ1n) is 10.8. The van der Waals surface area contributed by atoms with Gasteiger partial charge in [-0.1, -0.05) is 42.8 Å². The lowest BCUT2D eigenvalue weighted by atomic mass is 10.1. The van der Waals surface area contributed by atoms with E-state index >= 15 is 0 Å². The van der Waals surface area contributed by atoms with Crippen LogP contribution in [0.2, 0.25) is 0 Å². The van der Waals surface area contributed by atoms with Crippen LogP contribution in [0.3, 0.4) is 0 Å². The second-order valence-electron chi connectivity index (χ2n) is 7.95. The molecule has 4 rings (SSSR count). The summed E-state index contributed by atoms with van der Waals surface area (Å²) in [7, 11) is -2.26. The Labute approximate surface area is 193 Å². The van der Waals surface area contributed by atoms with Crippen LogP contribution in [0.4, 0.5) is 0 Å². The molecule has 3 aromatic rings. The van der Waals surface area contributed by atoms with E-state index in [0.717, 1.165) is 30.0 Å². The van der Waals surface area contributed by atoms with Crippen molar-refractivity contribution in [2.75, 3.05) is 20.2 Å². The molecule has 1 fully saturated rings. The van der Waals surface area contributed by atoms with Crippen LogP contribution in [0.25, 0.3) is 10.8 Å². The quantitative estimate of drug-likeness (QED) is 0.403. The summed E-state index contributed by atoms with van der Waals surface area (Å²) in [5.41, 5.74) is 0.769. The largest absolute Gasteiger partial charge is 0.465 e. The first-order chi connectivity index (χ1) is 15.9. The molecule has 7 nitrogen and oxygen atoms in total. The Balaban J connectivity index is 1.50. The average Bonchev–Trinajstić information content (AvgIpc) is 2.84. The summed E-state index contributed by atoms with van der Waals surface area (Å²) in [6.45, 7) is 1.06. The number of ether oxygens (including phenoxy) is 2. The molecule has 33 heavy (non-hydrogen) atoms. The van der Waals surface area contributed by atoms with Crippen LogP contribution in [0, 0.1) is 0 Å². The molecule has 1 heterocycles. The maximum absolute atomic E-state index is 12.8. The Bertz CT molecular complexity index is 1280. The summed E-state index contributed by atoms with van der Waals surface area (Å²) in [5.74, 6) is -1.05. The van der Waals surface area contributed by atoms with Crippen LogP contribution in [0.5, 0.6) is 5.75 Å². The van der Waals surface area contributed by atoms with Gasteiger partial charge in [0.15, 0.2) is 0 Å². The first kappa shape index (κ1) is 22.9. The van der Waals surface area contributed by atoms with E-state index in [2.05, 4.69) is 0 Å². The van der Waals surface area contributed by atoms with Crippen molar-refractivity contribution in [3.8, 4) is 5.75 Å². The maximum Gasteiger partial charge on any atom is 0.341 e. The molecular weight excluding hydrogens is 442 g/mol. The third-order valence-corrected chi connectivity index (χ3v) is 7.61. The molecule has 0 unspecified atom stereocenters. The molecule has 0 saturated carbocycles. The number of hydrogen-bond acceptors (Lipinski definition) is 6. The van der Waals surface area contributed by atoms with E-state index in [4.69, 9.17) is 9.47 Å². The van der Waals surface area contributed by atoms with Gasteiger partial charge in [0.1, 0.15) is 11.3 Å². The number of esters is 2. The number of benzene rings is 3. The van der Waals surface area contributed by atoms with E-state index < -0.39 is 22.0 Å². The van der Waals surface area contributed by atoms with Gasteiger partial charge in [-0.05, 0) is 53.4 Å². The van der Waals surface area contributed by atoms with Gasteiger partial charge in [-0.2, -0.15) is 4.31 Å². The summed E-state index contributed by atoms with van der Waals surface area (Å²) in [6.07, 6.45) is 2.70. The molecule has 0 aliphatic carbocycles. The number of methoxy groups -OCH3 is 1. The number of piperidine rings is 1. The highest BCUT2D eigenvalue weighted by Gasteiger charge is 2.26. The fourth-order valence-electron chi connectivity index (χ4n) is 3.93. The van der Waals surface area contributed by atoms with E-state index in [-0.39, 0.29) is 22.6 Å². The molecule has 3 aromatic carbocycles. The molecule has 0 atom stereocenters. The predicted octanol–water partition coefficient (Wildman–Crippen LogP) is 3.95. The number of carbonyl (C=O) groups is 2. The number of rotatable bonds is 6. The molecule has 172 valence electrons. The Hall–Kier alpha value is -3.23. The van der Waals surface area contributed by atoms with E-state index in [0.29, 0.717) is 18.7 Å². The molecule has 0 amide bonds. The average molecular weight is 468 g/mol. The number of hydrogen-bond donors (Lipinski definition) is 0. The highest BCUT2D eigenvalue weighted by Crippen LogP contribution is 2.27. The van der Waals surface area contributed by atoms with Gasteiger partial charge in [-0.25, -0.2) is 13.2 Å². The van der Waals surface area contributed by atoms with Gasteiger partial charge in [-0.3, -0.25) is 4.79 Å². The van der Waals surface area contributed by atoms with Crippen molar-refractivity contribution in [1.82, 2.24) is 4.31 Å². The topological polar surface area (TPSA) is 90.0 Å². The SMILES string of the molecule is COC(=O)c1cc2ccccc2cc1OC(=O)Cc1ccc(S(=O)(=O)N2CCCCC2)cc1. The fourth-order valence-corrected chi connectivity index (χ4v) is 5.45. The smallest absolute Gasteiger partial charge is 0.341 e. The summed E-state index contributed by atoms with van der Waals surface area (Å²) < 4.78 is 37.4. The number of fused-ring (bicyclic) bond motifs is 1. The van der Waals surface area contributed by atoms with E-state index in [1.807, 2.05) is 24.3 Å². The first-order valence-corrected chi connectivity index (χ1v) is 12.2. The summed E-state index contributed by atoms with van der Waals surface area (Å²) >= 11 is 0. The molecular formula is C25H25NO6S. The van der Waals surface area contributed by atoms with Crippen LogP contribution in [-0.2, 0) is 26.0 Å². The lowest BCUT2D eigenvalue weighted by Gasteiger charge is -2.25. The highest BCUT2D eigenvalue weighted by atomic mass is 32.2. The minimum absolute atomic E-state index is 0.0719. The monoisotopic (exact) mass is 467 g/mol. The molecule has 1 saturated heterocycles. The molecule has 0 spiro atoms. The van der Waals surface area contributed by atoms with Crippen molar-refractivity contribution < 1.29 is 27.5 Å². The highest BCUT2D eigenvalue weighted by molar-refractivity contribution is 7.89. The van der Waals surface area contributed by atoms with Gasteiger partial charge in [0, 0.05) is 13.1 Å². The van der Waals surface area contributed by atoms with Crippen LogP contribution in [0.15, 0.2) is 65.6 Å². The van der Waals surface area contributed by atoms with Crippen LogP contribution < -0.4 is 4.74 Å². The molecule has 8 heteroatoms. The van der Waals surface area contributed by atoms with Crippen molar-refractivity contribution in [3.05, 3.63) is 71.8 Å². The normalized spacial score (nSPS) is 14.7. The summed E-state index contributed by atoms with van der Waals surface area (Å²) in [6, 6.07) is 16.9. The third kappa shape index (κ3) is 5.07. The van der Waals surface area contributed by atoms with Crippen LogP contribution in [-0.4, -0.2) is 44.9 Å². The predicted molar refractivity (Wildman–Crippen MR) is 124 cm³/mol. The van der Waals surface area contributed by atoms with Crippen molar-refractivity contribution in [1.29, 1.82) is 0 Å². The zero-order valence-corrected chi connectivity index (χ0v) is 19.1. The zero-order valence-electron chi connectivity index (χ0n) is 18.3. The van der Waals surface area contributed by atoms with Crippen LogP contribution >= 0.6 is 0 Å².